The molecule has 2 amide bonds. The van der Waals surface area contributed by atoms with Gasteiger partial charge in [0.1, 0.15) is 11.4 Å². The van der Waals surface area contributed by atoms with Gasteiger partial charge in [0.05, 0.1) is 25.4 Å². The molecule has 0 atom stereocenters. The van der Waals surface area contributed by atoms with E-state index in [2.05, 4.69) is 25.4 Å². The molecule has 1 fully saturated rings. The first-order valence-electron chi connectivity index (χ1n) is 12.2. The summed E-state index contributed by atoms with van der Waals surface area (Å²) in [6.45, 7) is 13.1. The fourth-order valence-electron chi connectivity index (χ4n) is 4.13. The average Bonchev–Trinajstić information content (AvgIpc) is 3.33. The highest BCUT2D eigenvalue weighted by atomic mass is 16.6. The van der Waals surface area contributed by atoms with E-state index in [1.807, 2.05) is 34.6 Å². The maximum atomic E-state index is 12.6. The van der Waals surface area contributed by atoms with Gasteiger partial charge < -0.3 is 24.5 Å². The lowest BCUT2D eigenvalue weighted by Gasteiger charge is -2.39. The van der Waals surface area contributed by atoms with E-state index in [0.717, 1.165) is 26.2 Å². The SMILES string of the molecule is COc1cc(NC(=O)C(=O)NC(C)(C)CN2CCN(CC(=O)OC(C)(C)C)CC2)ccc1-c1cnco1. The van der Waals surface area contributed by atoms with Crippen LogP contribution < -0.4 is 15.4 Å². The van der Waals surface area contributed by atoms with Crippen molar-refractivity contribution in [3.63, 3.8) is 0 Å². The van der Waals surface area contributed by atoms with Crippen molar-refractivity contribution in [3.05, 3.63) is 30.8 Å². The molecular weight excluding hydrogens is 478 g/mol. The van der Waals surface area contributed by atoms with E-state index in [-0.39, 0.29) is 12.5 Å². The molecule has 0 bridgehead atoms. The number of rotatable bonds is 8. The summed E-state index contributed by atoms with van der Waals surface area (Å²) in [5.74, 6) is -0.734. The maximum Gasteiger partial charge on any atom is 0.320 e. The molecule has 1 aromatic carbocycles. The molecule has 1 aliphatic heterocycles. The van der Waals surface area contributed by atoms with Crippen molar-refractivity contribution in [1.29, 1.82) is 0 Å². The van der Waals surface area contributed by atoms with Gasteiger partial charge in [0, 0.05) is 50.0 Å². The Hall–Kier alpha value is -3.44. The number of carbonyl (C=O) groups is 3. The van der Waals surface area contributed by atoms with E-state index in [0.29, 0.717) is 29.3 Å². The monoisotopic (exact) mass is 515 g/mol. The number of esters is 1. The molecule has 0 aliphatic carbocycles. The number of hydrogen-bond donors (Lipinski definition) is 2. The van der Waals surface area contributed by atoms with E-state index < -0.39 is 23.0 Å². The topological polar surface area (TPSA) is 126 Å². The molecule has 0 saturated carbocycles. The van der Waals surface area contributed by atoms with Crippen molar-refractivity contribution >= 4 is 23.5 Å². The van der Waals surface area contributed by atoms with Crippen LogP contribution in [0.2, 0.25) is 0 Å². The number of aromatic nitrogens is 1. The Balaban J connectivity index is 1.48. The van der Waals surface area contributed by atoms with Crippen LogP contribution in [0, 0.1) is 0 Å². The zero-order valence-corrected chi connectivity index (χ0v) is 22.4. The second-order valence-corrected chi connectivity index (χ2v) is 10.7. The third-order valence-corrected chi connectivity index (χ3v) is 5.67. The number of methoxy groups -OCH3 is 1. The van der Waals surface area contributed by atoms with E-state index in [9.17, 15) is 14.4 Å². The number of benzene rings is 1. The Morgan fingerprint density at radius 1 is 1.03 bits per heavy atom. The van der Waals surface area contributed by atoms with Crippen LogP contribution in [0.15, 0.2) is 35.2 Å². The van der Waals surface area contributed by atoms with Crippen LogP contribution in [0.3, 0.4) is 0 Å². The van der Waals surface area contributed by atoms with Gasteiger partial charge in [-0.1, -0.05) is 0 Å². The Morgan fingerprint density at radius 3 is 2.30 bits per heavy atom. The van der Waals surface area contributed by atoms with Gasteiger partial charge in [-0.05, 0) is 46.8 Å². The molecule has 1 saturated heterocycles. The average molecular weight is 516 g/mol. The predicted octanol–water partition coefficient (Wildman–Crippen LogP) is 2.14. The van der Waals surface area contributed by atoms with Crippen molar-refractivity contribution in [3.8, 4) is 17.1 Å². The van der Waals surface area contributed by atoms with Crippen LogP contribution in [-0.2, 0) is 19.1 Å². The second-order valence-electron chi connectivity index (χ2n) is 10.7. The van der Waals surface area contributed by atoms with Crippen LogP contribution in [-0.4, -0.2) is 90.1 Å². The number of piperazine rings is 1. The molecule has 2 heterocycles. The Kier molecular flexibility index (Phi) is 8.93. The second kappa shape index (κ2) is 11.7. The first-order chi connectivity index (χ1) is 17.3. The number of ether oxygens (including phenoxy) is 2. The minimum Gasteiger partial charge on any atom is -0.496 e. The lowest BCUT2D eigenvalue weighted by molar-refractivity contribution is -0.156. The van der Waals surface area contributed by atoms with Gasteiger partial charge >= 0.3 is 17.8 Å². The van der Waals surface area contributed by atoms with E-state index in [1.165, 1.54) is 13.5 Å². The Labute approximate surface area is 217 Å². The number of anilines is 1. The van der Waals surface area contributed by atoms with Crippen LogP contribution in [0.1, 0.15) is 34.6 Å². The van der Waals surface area contributed by atoms with Crippen LogP contribution in [0.5, 0.6) is 5.75 Å². The summed E-state index contributed by atoms with van der Waals surface area (Å²) in [4.78, 5) is 45.5. The summed E-state index contributed by atoms with van der Waals surface area (Å²) in [6, 6.07) is 5.00. The molecule has 1 aromatic heterocycles. The van der Waals surface area contributed by atoms with Crippen molar-refractivity contribution in [2.24, 2.45) is 0 Å². The third-order valence-electron chi connectivity index (χ3n) is 5.67. The predicted molar refractivity (Wildman–Crippen MR) is 138 cm³/mol. The standard InChI is InChI=1S/C26H37N5O6/c1-25(2,3)37-22(32)15-30-9-11-31(12-10-30)16-26(4,5)29-24(34)23(33)28-18-7-8-19(20(13-18)35-6)21-14-27-17-36-21/h7-8,13-14,17H,9-12,15-16H2,1-6H3,(H,28,33)(H,29,34). The highest BCUT2D eigenvalue weighted by Crippen LogP contribution is 2.32. The van der Waals surface area contributed by atoms with E-state index in [1.54, 1.807) is 24.4 Å². The van der Waals surface area contributed by atoms with Gasteiger partial charge in [-0.15, -0.1) is 0 Å². The highest BCUT2D eigenvalue weighted by Gasteiger charge is 2.29. The minimum atomic E-state index is -0.773. The van der Waals surface area contributed by atoms with Gasteiger partial charge in [-0.3, -0.25) is 24.2 Å². The first kappa shape index (κ1) is 28.1. The van der Waals surface area contributed by atoms with Crippen LogP contribution in [0.4, 0.5) is 5.69 Å². The normalized spacial score (nSPS) is 15.2. The minimum absolute atomic E-state index is 0.232. The number of oxazole rings is 1. The molecule has 0 unspecified atom stereocenters. The number of nitrogens with zero attached hydrogens (tertiary/aromatic N) is 3. The first-order valence-corrected chi connectivity index (χ1v) is 12.2. The summed E-state index contributed by atoms with van der Waals surface area (Å²) in [7, 11) is 1.51. The molecule has 0 radical (unpaired) electrons. The van der Waals surface area contributed by atoms with Crippen molar-refractivity contribution in [2.75, 3.05) is 51.7 Å². The molecule has 2 aromatic rings. The molecule has 0 spiro atoms. The van der Waals surface area contributed by atoms with E-state index in [4.69, 9.17) is 13.9 Å². The van der Waals surface area contributed by atoms with Crippen LogP contribution >= 0.6 is 0 Å². The fourth-order valence-corrected chi connectivity index (χ4v) is 4.13. The number of hydrogen-bond acceptors (Lipinski definition) is 9. The summed E-state index contributed by atoms with van der Waals surface area (Å²) in [5, 5.41) is 5.43. The third kappa shape index (κ3) is 8.57. The van der Waals surface area contributed by atoms with Gasteiger partial charge in [-0.2, -0.15) is 0 Å². The number of carbonyl (C=O) groups excluding carboxylic acids is 3. The number of amides is 2. The molecule has 2 N–H and O–H groups in total. The molecule has 3 rings (SSSR count). The van der Waals surface area contributed by atoms with Gasteiger partial charge in [0.25, 0.3) is 0 Å². The fraction of sp³-hybridized carbons (Fsp3) is 0.538. The molecule has 11 nitrogen and oxygen atoms in total. The summed E-state index contributed by atoms with van der Waals surface area (Å²) >= 11 is 0. The van der Waals surface area contributed by atoms with Gasteiger partial charge in [-0.25, -0.2) is 4.98 Å². The largest absolute Gasteiger partial charge is 0.496 e. The molecule has 202 valence electrons. The zero-order valence-electron chi connectivity index (χ0n) is 22.4. The Morgan fingerprint density at radius 2 is 1.70 bits per heavy atom. The number of nitrogens with one attached hydrogen (secondary N) is 2. The summed E-state index contributed by atoms with van der Waals surface area (Å²) < 4.78 is 16.1. The summed E-state index contributed by atoms with van der Waals surface area (Å²) in [5.41, 5.74) is -0.0510. The van der Waals surface area contributed by atoms with Crippen molar-refractivity contribution in [1.82, 2.24) is 20.1 Å². The Bertz CT molecular complexity index is 1090. The molecule has 37 heavy (non-hydrogen) atoms. The van der Waals surface area contributed by atoms with Gasteiger partial charge in [0.2, 0.25) is 0 Å². The van der Waals surface area contributed by atoms with Crippen molar-refractivity contribution in [2.45, 2.75) is 45.8 Å². The maximum absolute atomic E-state index is 12.6. The van der Waals surface area contributed by atoms with Gasteiger partial charge in [0.15, 0.2) is 12.2 Å². The summed E-state index contributed by atoms with van der Waals surface area (Å²) in [6.07, 6.45) is 2.88. The zero-order chi connectivity index (χ0) is 27.2. The van der Waals surface area contributed by atoms with E-state index >= 15 is 0 Å². The lowest BCUT2D eigenvalue weighted by atomic mass is 10.0. The highest BCUT2D eigenvalue weighted by molar-refractivity contribution is 6.39. The smallest absolute Gasteiger partial charge is 0.320 e. The van der Waals surface area contributed by atoms with Crippen LogP contribution in [0.25, 0.3) is 11.3 Å². The molecule has 1 aliphatic rings. The molecule has 11 heteroatoms. The lowest BCUT2D eigenvalue weighted by Crippen LogP contribution is -2.57. The van der Waals surface area contributed by atoms with Crippen molar-refractivity contribution < 1.29 is 28.3 Å². The quantitative estimate of drug-likeness (QED) is 0.402. The molecular formula is C26H37N5O6.